The number of hydrogen-bond acceptors (Lipinski definition) is 3. The first kappa shape index (κ1) is 14.0. The third-order valence-electron chi connectivity index (χ3n) is 3.72. The van der Waals surface area contributed by atoms with Crippen molar-refractivity contribution >= 4 is 29.0 Å². The first-order valence-electron chi connectivity index (χ1n) is 7.07. The van der Waals surface area contributed by atoms with Crippen molar-refractivity contribution in [3.05, 3.63) is 59.7 Å². The molecule has 0 aliphatic carbocycles. The number of carbonyl (C=O) groups excluding carboxylic acids is 1. The van der Waals surface area contributed by atoms with Gasteiger partial charge in [-0.15, -0.1) is 11.8 Å². The highest BCUT2D eigenvalue weighted by Crippen LogP contribution is 2.42. The van der Waals surface area contributed by atoms with Crippen molar-refractivity contribution in [3.8, 4) is 0 Å². The molecule has 2 aromatic rings. The van der Waals surface area contributed by atoms with Crippen molar-refractivity contribution in [1.82, 2.24) is 0 Å². The molecule has 1 saturated heterocycles. The summed E-state index contributed by atoms with van der Waals surface area (Å²) < 4.78 is 0. The number of nitrogens with zero attached hydrogens (tertiary/aromatic N) is 1. The molecule has 0 unspecified atom stereocenters. The van der Waals surface area contributed by atoms with Crippen LogP contribution in [-0.4, -0.2) is 11.7 Å². The highest BCUT2D eigenvalue weighted by Gasteiger charge is 2.34. The summed E-state index contributed by atoms with van der Waals surface area (Å²) in [5, 5.41) is 0.0331. The van der Waals surface area contributed by atoms with Crippen molar-refractivity contribution in [2.24, 2.45) is 0 Å². The minimum atomic E-state index is 0.0331. The predicted molar refractivity (Wildman–Crippen MR) is 89.4 cm³/mol. The van der Waals surface area contributed by atoms with Gasteiger partial charge in [0, 0.05) is 11.4 Å². The highest BCUT2D eigenvalue weighted by molar-refractivity contribution is 8.00. The Balaban J connectivity index is 2.01. The molecule has 2 N–H and O–H groups in total. The molecule has 1 aliphatic heterocycles. The van der Waals surface area contributed by atoms with Crippen LogP contribution in [0.25, 0.3) is 0 Å². The molecule has 0 bridgehead atoms. The van der Waals surface area contributed by atoms with E-state index in [4.69, 9.17) is 5.73 Å². The summed E-state index contributed by atoms with van der Waals surface area (Å²) in [6, 6.07) is 15.9. The molecule has 21 heavy (non-hydrogen) atoms. The van der Waals surface area contributed by atoms with Gasteiger partial charge >= 0.3 is 0 Å². The number of aryl methyl sites for hydroxylation is 1. The Bertz CT molecular complexity index is 654. The highest BCUT2D eigenvalue weighted by atomic mass is 32.2. The van der Waals surface area contributed by atoms with Crippen LogP contribution in [0.2, 0.25) is 0 Å². The SMILES string of the molecule is CCc1ccccc1N1C(=O)CS[C@H]1c1ccc(N)cc1. The molecule has 1 atom stereocenters. The number of benzene rings is 2. The minimum absolute atomic E-state index is 0.0331. The molecule has 1 heterocycles. The monoisotopic (exact) mass is 298 g/mol. The normalized spacial score (nSPS) is 18.2. The second kappa shape index (κ2) is 5.82. The van der Waals surface area contributed by atoms with Crippen molar-refractivity contribution < 1.29 is 4.79 Å². The van der Waals surface area contributed by atoms with Gasteiger partial charge in [0.2, 0.25) is 5.91 Å². The van der Waals surface area contributed by atoms with Crippen molar-refractivity contribution in [3.63, 3.8) is 0 Å². The maximum atomic E-state index is 12.4. The summed E-state index contributed by atoms with van der Waals surface area (Å²) in [7, 11) is 0. The van der Waals surface area contributed by atoms with Crippen LogP contribution in [0.5, 0.6) is 0 Å². The Labute approximate surface area is 129 Å². The lowest BCUT2D eigenvalue weighted by Gasteiger charge is -2.26. The van der Waals surface area contributed by atoms with Gasteiger partial charge in [0.1, 0.15) is 5.37 Å². The quantitative estimate of drug-likeness (QED) is 0.881. The molecule has 2 aromatic carbocycles. The molecular weight excluding hydrogens is 280 g/mol. The minimum Gasteiger partial charge on any atom is -0.399 e. The van der Waals surface area contributed by atoms with Gasteiger partial charge in [-0.1, -0.05) is 37.3 Å². The van der Waals surface area contributed by atoms with Gasteiger partial charge in [0.25, 0.3) is 0 Å². The first-order valence-corrected chi connectivity index (χ1v) is 8.12. The van der Waals surface area contributed by atoms with E-state index in [0.717, 1.165) is 23.4 Å². The predicted octanol–water partition coefficient (Wildman–Crippen LogP) is 3.61. The molecule has 4 heteroatoms. The molecular formula is C17H18N2OS. The Hall–Kier alpha value is -1.94. The number of anilines is 2. The van der Waals surface area contributed by atoms with Crippen LogP contribution in [0.15, 0.2) is 48.5 Å². The molecule has 3 rings (SSSR count). The van der Waals surface area contributed by atoms with E-state index in [9.17, 15) is 4.79 Å². The second-order valence-corrected chi connectivity index (χ2v) is 6.14. The van der Waals surface area contributed by atoms with Crippen LogP contribution < -0.4 is 10.6 Å². The van der Waals surface area contributed by atoms with E-state index in [2.05, 4.69) is 13.0 Å². The van der Waals surface area contributed by atoms with Crippen LogP contribution in [0.4, 0.5) is 11.4 Å². The van der Waals surface area contributed by atoms with Crippen LogP contribution in [-0.2, 0) is 11.2 Å². The van der Waals surface area contributed by atoms with Gasteiger partial charge in [-0.25, -0.2) is 0 Å². The molecule has 1 aliphatic rings. The number of nitrogen functional groups attached to an aromatic ring is 1. The summed E-state index contributed by atoms with van der Waals surface area (Å²) in [5.74, 6) is 0.690. The van der Waals surface area contributed by atoms with Gasteiger partial charge in [-0.05, 0) is 35.7 Å². The number of para-hydroxylation sites is 1. The maximum absolute atomic E-state index is 12.4. The van der Waals surface area contributed by atoms with Crippen LogP contribution in [0.1, 0.15) is 23.4 Å². The smallest absolute Gasteiger partial charge is 0.238 e. The molecule has 108 valence electrons. The summed E-state index contributed by atoms with van der Waals surface area (Å²) in [6.07, 6.45) is 0.916. The lowest BCUT2D eigenvalue weighted by Crippen LogP contribution is -2.28. The molecule has 0 spiro atoms. The van der Waals surface area contributed by atoms with E-state index in [-0.39, 0.29) is 11.3 Å². The maximum Gasteiger partial charge on any atom is 0.238 e. The van der Waals surface area contributed by atoms with Gasteiger partial charge in [0.15, 0.2) is 0 Å². The van der Waals surface area contributed by atoms with Crippen LogP contribution >= 0.6 is 11.8 Å². The topological polar surface area (TPSA) is 46.3 Å². The summed E-state index contributed by atoms with van der Waals surface area (Å²) >= 11 is 1.67. The van der Waals surface area contributed by atoms with E-state index in [1.165, 1.54) is 5.56 Å². The lowest BCUT2D eigenvalue weighted by atomic mass is 10.1. The van der Waals surface area contributed by atoms with Crippen LogP contribution in [0, 0.1) is 0 Å². The third-order valence-corrected chi connectivity index (χ3v) is 4.93. The first-order chi connectivity index (χ1) is 10.2. The number of nitrogens with two attached hydrogens (primary N) is 1. The Morgan fingerprint density at radius 1 is 1.19 bits per heavy atom. The van der Waals surface area contributed by atoms with E-state index < -0.39 is 0 Å². The standard InChI is InChI=1S/C17H18N2OS/c1-2-12-5-3-4-6-15(12)19-16(20)11-21-17(19)13-7-9-14(18)10-8-13/h3-10,17H,2,11,18H2,1H3/t17-/m0/s1. The van der Waals surface area contributed by atoms with Gasteiger partial charge in [-0.2, -0.15) is 0 Å². The largest absolute Gasteiger partial charge is 0.399 e. The molecule has 0 radical (unpaired) electrons. The number of carbonyl (C=O) groups is 1. The second-order valence-electron chi connectivity index (χ2n) is 5.08. The van der Waals surface area contributed by atoms with Crippen molar-refractivity contribution in [2.45, 2.75) is 18.7 Å². The average Bonchev–Trinajstić information content (AvgIpc) is 2.89. The van der Waals surface area contributed by atoms with E-state index in [1.54, 1.807) is 11.8 Å². The molecule has 0 aromatic heterocycles. The van der Waals surface area contributed by atoms with Crippen molar-refractivity contribution in [2.75, 3.05) is 16.4 Å². The molecule has 1 amide bonds. The lowest BCUT2D eigenvalue weighted by molar-refractivity contribution is -0.115. The van der Waals surface area contributed by atoms with Crippen molar-refractivity contribution in [1.29, 1.82) is 0 Å². The molecule has 1 fully saturated rings. The number of rotatable bonds is 3. The fraction of sp³-hybridized carbons (Fsp3) is 0.235. The number of thioether (sulfide) groups is 1. The summed E-state index contributed by atoms with van der Waals surface area (Å²) in [6.45, 7) is 2.12. The van der Waals surface area contributed by atoms with Gasteiger partial charge in [0.05, 0.1) is 5.75 Å². The fourth-order valence-corrected chi connectivity index (χ4v) is 3.81. The Morgan fingerprint density at radius 2 is 1.90 bits per heavy atom. The summed E-state index contributed by atoms with van der Waals surface area (Å²) in [5.41, 5.74) is 9.84. The van der Waals surface area contributed by atoms with E-state index in [0.29, 0.717) is 5.75 Å². The van der Waals surface area contributed by atoms with Crippen LogP contribution in [0.3, 0.4) is 0 Å². The Morgan fingerprint density at radius 3 is 2.62 bits per heavy atom. The van der Waals surface area contributed by atoms with E-state index >= 15 is 0 Å². The third kappa shape index (κ3) is 2.63. The zero-order valence-corrected chi connectivity index (χ0v) is 12.8. The Kier molecular flexibility index (Phi) is 3.88. The molecule has 3 nitrogen and oxygen atoms in total. The number of hydrogen-bond donors (Lipinski definition) is 1. The zero-order chi connectivity index (χ0) is 14.8. The van der Waals surface area contributed by atoms with E-state index in [1.807, 2.05) is 47.4 Å². The average molecular weight is 298 g/mol. The fourth-order valence-electron chi connectivity index (χ4n) is 2.64. The van der Waals surface area contributed by atoms with Gasteiger partial charge in [-0.3, -0.25) is 9.69 Å². The zero-order valence-electron chi connectivity index (χ0n) is 12.0. The molecule has 0 saturated carbocycles. The number of amides is 1. The van der Waals surface area contributed by atoms with Gasteiger partial charge < -0.3 is 5.73 Å². The summed E-state index contributed by atoms with van der Waals surface area (Å²) in [4.78, 5) is 14.3.